The fourth-order valence-corrected chi connectivity index (χ4v) is 2.41. The van der Waals surface area contributed by atoms with Crippen LogP contribution in [-0.2, 0) is 0 Å². The van der Waals surface area contributed by atoms with E-state index in [1.54, 1.807) is 6.20 Å². The number of nitrogen functional groups attached to an aromatic ring is 1. The number of para-hydroxylation sites is 1. The number of aromatic nitrogens is 2. The van der Waals surface area contributed by atoms with Crippen LogP contribution in [0.3, 0.4) is 0 Å². The molecule has 0 bridgehead atoms. The topological polar surface area (TPSA) is 57.9 Å². The first-order valence-corrected chi connectivity index (χ1v) is 5.99. The molecule has 0 atom stereocenters. The molecular formula is C13H16N4. The van der Waals surface area contributed by atoms with Crippen molar-refractivity contribution < 1.29 is 0 Å². The number of anilines is 2. The molecule has 1 aromatic carbocycles. The maximum atomic E-state index is 5.64. The second-order valence-corrected chi connectivity index (χ2v) is 4.39. The fraction of sp³-hybridized carbons (Fsp3) is 0.308. The summed E-state index contributed by atoms with van der Waals surface area (Å²) in [7, 11) is 0. The second kappa shape index (κ2) is 4.13. The standard InChI is InChI=1S/C13H16N4/c14-13-15-9-11(16-13)10-5-1-2-6-12(10)17-7-3-4-8-17/h1-2,5-6,9H,3-4,7-8H2,(H3,14,15,16). The van der Waals surface area contributed by atoms with Gasteiger partial charge in [0.05, 0.1) is 11.9 Å². The number of hydrogen-bond acceptors (Lipinski definition) is 3. The van der Waals surface area contributed by atoms with Crippen molar-refractivity contribution in [1.29, 1.82) is 0 Å². The molecule has 2 aromatic rings. The van der Waals surface area contributed by atoms with E-state index in [0.29, 0.717) is 5.95 Å². The number of hydrogen-bond donors (Lipinski definition) is 2. The van der Waals surface area contributed by atoms with Crippen LogP contribution in [0.15, 0.2) is 30.5 Å². The third-order valence-electron chi connectivity index (χ3n) is 3.24. The number of H-pyrrole nitrogens is 1. The van der Waals surface area contributed by atoms with Crippen LogP contribution in [0, 0.1) is 0 Å². The van der Waals surface area contributed by atoms with Crippen molar-refractivity contribution >= 4 is 11.6 Å². The molecule has 4 nitrogen and oxygen atoms in total. The van der Waals surface area contributed by atoms with Crippen molar-refractivity contribution in [2.24, 2.45) is 0 Å². The molecule has 4 heteroatoms. The first-order chi connectivity index (χ1) is 8.34. The molecule has 1 saturated heterocycles. The quantitative estimate of drug-likeness (QED) is 0.829. The predicted octanol–water partition coefficient (Wildman–Crippen LogP) is 2.26. The Hall–Kier alpha value is -1.97. The van der Waals surface area contributed by atoms with Gasteiger partial charge in [0.2, 0.25) is 0 Å². The molecule has 0 radical (unpaired) electrons. The highest BCUT2D eigenvalue weighted by Crippen LogP contribution is 2.31. The van der Waals surface area contributed by atoms with Gasteiger partial charge in [0, 0.05) is 24.3 Å². The van der Waals surface area contributed by atoms with Gasteiger partial charge in [-0.2, -0.15) is 0 Å². The minimum Gasteiger partial charge on any atom is -0.371 e. The van der Waals surface area contributed by atoms with Gasteiger partial charge >= 0.3 is 0 Å². The van der Waals surface area contributed by atoms with E-state index in [4.69, 9.17) is 5.73 Å². The highest BCUT2D eigenvalue weighted by molar-refractivity contribution is 5.76. The van der Waals surface area contributed by atoms with Crippen molar-refractivity contribution in [3.8, 4) is 11.3 Å². The number of imidazole rings is 1. The van der Waals surface area contributed by atoms with Gasteiger partial charge in [-0.15, -0.1) is 0 Å². The van der Waals surface area contributed by atoms with E-state index in [1.807, 2.05) is 6.07 Å². The first-order valence-electron chi connectivity index (χ1n) is 5.99. The minimum absolute atomic E-state index is 0.469. The summed E-state index contributed by atoms with van der Waals surface area (Å²) in [5, 5.41) is 0. The Kier molecular flexibility index (Phi) is 2.48. The van der Waals surface area contributed by atoms with Crippen LogP contribution in [0.25, 0.3) is 11.3 Å². The highest BCUT2D eigenvalue weighted by Gasteiger charge is 2.16. The smallest absolute Gasteiger partial charge is 0.197 e. The van der Waals surface area contributed by atoms with Gasteiger partial charge in [-0.3, -0.25) is 0 Å². The molecule has 3 N–H and O–H groups in total. The van der Waals surface area contributed by atoms with E-state index in [1.165, 1.54) is 24.1 Å². The maximum absolute atomic E-state index is 5.64. The van der Waals surface area contributed by atoms with Gasteiger partial charge in [-0.05, 0) is 18.9 Å². The van der Waals surface area contributed by atoms with Gasteiger partial charge in [0.25, 0.3) is 0 Å². The summed E-state index contributed by atoms with van der Waals surface area (Å²) in [6.45, 7) is 2.28. The zero-order valence-corrected chi connectivity index (χ0v) is 9.69. The molecule has 17 heavy (non-hydrogen) atoms. The number of nitrogens with one attached hydrogen (secondary N) is 1. The Morgan fingerprint density at radius 3 is 2.65 bits per heavy atom. The average molecular weight is 228 g/mol. The molecular weight excluding hydrogens is 212 g/mol. The van der Waals surface area contributed by atoms with E-state index in [9.17, 15) is 0 Å². The molecule has 0 unspecified atom stereocenters. The van der Waals surface area contributed by atoms with Crippen LogP contribution in [0.2, 0.25) is 0 Å². The fourth-order valence-electron chi connectivity index (χ4n) is 2.41. The van der Waals surface area contributed by atoms with Crippen molar-refractivity contribution in [2.45, 2.75) is 12.8 Å². The molecule has 0 saturated carbocycles. The second-order valence-electron chi connectivity index (χ2n) is 4.39. The SMILES string of the molecule is Nc1ncc(-c2ccccc2N2CCCC2)[nH]1. The largest absolute Gasteiger partial charge is 0.371 e. The Morgan fingerprint density at radius 2 is 1.94 bits per heavy atom. The zero-order valence-electron chi connectivity index (χ0n) is 9.69. The van der Waals surface area contributed by atoms with E-state index in [0.717, 1.165) is 18.8 Å². The number of nitrogens with zero attached hydrogens (tertiary/aromatic N) is 2. The minimum atomic E-state index is 0.469. The van der Waals surface area contributed by atoms with Crippen LogP contribution in [0.4, 0.5) is 11.6 Å². The Morgan fingerprint density at radius 1 is 1.18 bits per heavy atom. The summed E-state index contributed by atoms with van der Waals surface area (Å²) in [6, 6.07) is 8.40. The maximum Gasteiger partial charge on any atom is 0.197 e. The summed E-state index contributed by atoms with van der Waals surface area (Å²) >= 11 is 0. The lowest BCUT2D eigenvalue weighted by Gasteiger charge is -2.20. The highest BCUT2D eigenvalue weighted by atomic mass is 15.1. The lowest BCUT2D eigenvalue weighted by atomic mass is 10.1. The van der Waals surface area contributed by atoms with Gasteiger partial charge in [0.1, 0.15) is 0 Å². The van der Waals surface area contributed by atoms with Crippen molar-refractivity contribution in [1.82, 2.24) is 9.97 Å². The predicted molar refractivity (Wildman–Crippen MR) is 69.9 cm³/mol. The molecule has 0 aliphatic carbocycles. The van der Waals surface area contributed by atoms with E-state index in [-0.39, 0.29) is 0 Å². The number of benzene rings is 1. The molecule has 3 rings (SSSR count). The van der Waals surface area contributed by atoms with Crippen LogP contribution < -0.4 is 10.6 Å². The number of aromatic amines is 1. The Bertz CT molecular complexity index is 512. The monoisotopic (exact) mass is 228 g/mol. The normalized spacial score (nSPS) is 15.4. The molecule has 88 valence electrons. The lowest BCUT2D eigenvalue weighted by molar-refractivity contribution is 0.949. The van der Waals surface area contributed by atoms with Crippen LogP contribution in [0.1, 0.15) is 12.8 Å². The molecule has 1 aliphatic rings. The molecule has 0 spiro atoms. The Labute approximate surface area is 100 Å². The van der Waals surface area contributed by atoms with Crippen molar-refractivity contribution in [3.05, 3.63) is 30.5 Å². The zero-order chi connectivity index (χ0) is 11.7. The molecule has 1 fully saturated rings. The molecule has 1 aliphatic heterocycles. The molecule has 0 amide bonds. The van der Waals surface area contributed by atoms with Crippen molar-refractivity contribution in [3.63, 3.8) is 0 Å². The summed E-state index contributed by atoms with van der Waals surface area (Å²) < 4.78 is 0. The Balaban J connectivity index is 2.03. The average Bonchev–Trinajstić information content (AvgIpc) is 3.00. The van der Waals surface area contributed by atoms with Gasteiger partial charge in [0.15, 0.2) is 5.95 Å². The summed E-state index contributed by atoms with van der Waals surface area (Å²) in [4.78, 5) is 9.58. The van der Waals surface area contributed by atoms with E-state index in [2.05, 4.69) is 33.1 Å². The number of nitrogens with two attached hydrogens (primary N) is 1. The van der Waals surface area contributed by atoms with E-state index >= 15 is 0 Å². The summed E-state index contributed by atoms with van der Waals surface area (Å²) in [6.07, 6.45) is 4.35. The molecule has 2 heterocycles. The lowest BCUT2D eigenvalue weighted by Crippen LogP contribution is -2.18. The van der Waals surface area contributed by atoms with Crippen LogP contribution in [0.5, 0.6) is 0 Å². The first kappa shape index (κ1) is 10.2. The van der Waals surface area contributed by atoms with E-state index < -0.39 is 0 Å². The van der Waals surface area contributed by atoms with Gasteiger partial charge in [-0.25, -0.2) is 4.98 Å². The van der Waals surface area contributed by atoms with Crippen LogP contribution >= 0.6 is 0 Å². The van der Waals surface area contributed by atoms with Gasteiger partial charge in [-0.1, -0.05) is 18.2 Å². The summed E-state index contributed by atoms with van der Waals surface area (Å²) in [5.41, 5.74) is 9.08. The molecule has 1 aromatic heterocycles. The third-order valence-corrected chi connectivity index (χ3v) is 3.24. The van der Waals surface area contributed by atoms with Gasteiger partial charge < -0.3 is 15.6 Å². The van der Waals surface area contributed by atoms with Crippen molar-refractivity contribution in [2.75, 3.05) is 23.7 Å². The third kappa shape index (κ3) is 1.86. The number of rotatable bonds is 2. The summed E-state index contributed by atoms with van der Waals surface area (Å²) in [5.74, 6) is 0.469. The van der Waals surface area contributed by atoms with Crippen LogP contribution in [-0.4, -0.2) is 23.1 Å².